The number of hydrogen-bond acceptors (Lipinski definition) is 5. The number of thiophene rings is 1. The molecule has 0 saturated carbocycles. The highest BCUT2D eigenvalue weighted by Gasteiger charge is 2.12. The van der Waals surface area contributed by atoms with Gasteiger partial charge in [0.05, 0.1) is 4.88 Å². The number of rotatable bonds is 4. The first-order valence-corrected chi connectivity index (χ1v) is 8.10. The maximum atomic E-state index is 12.2. The van der Waals surface area contributed by atoms with Crippen LogP contribution in [-0.4, -0.2) is 16.8 Å². The highest BCUT2D eigenvalue weighted by molar-refractivity contribution is 7.20. The molecule has 3 N–H and O–H groups in total. The van der Waals surface area contributed by atoms with Crippen LogP contribution in [0.2, 0.25) is 0 Å². The van der Waals surface area contributed by atoms with Crippen LogP contribution >= 0.6 is 22.7 Å². The number of anilines is 1. The van der Waals surface area contributed by atoms with E-state index in [1.54, 1.807) is 41.0 Å². The monoisotopic (exact) mass is 329 g/mol. The first-order valence-electron chi connectivity index (χ1n) is 6.34. The normalized spacial score (nSPS) is 10.4. The van der Waals surface area contributed by atoms with Crippen LogP contribution in [0.3, 0.4) is 0 Å². The summed E-state index contributed by atoms with van der Waals surface area (Å²) < 4.78 is 0. The smallest absolute Gasteiger partial charge is 0.275 e. The summed E-state index contributed by atoms with van der Waals surface area (Å²) in [7, 11) is 0. The van der Waals surface area contributed by atoms with E-state index in [-0.39, 0.29) is 5.91 Å². The maximum Gasteiger partial charge on any atom is 0.275 e. The van der Waals surface area contributed by atoms with Crippen molar-refractivity contribution in [3.8, 4) is 9.88 Å². The van der Waals surface area contributed by atoms with Gasteiger partial charge in [-0.25, -0.2) is 4.98 Å². The maximum absolute atomic E-state index is 12.2. The minimum absolute atomic E-state index is 0.286. The van der Waals surface area contributed by atoms with E-state index >= 15 is 0 Å². The molecular formula is C15H11N3O2S2. The Kier molecular flexibility index (Phi) is 3.99. The molecule has 0 aliphatic heterocycles. The van der Waals surface area contributed by atoms with Gasteiger partial charge in [-0.1, -0.05) is 6.07 Å². The van der Waals surface area contributed by atoms with Crippen molar-refractivity contribution in [3.63, 3.8) is 0 Å². The molecule has 0 saturated heterocycles. The number of benzene rings is 1. The van der Waals surface area contributed by atoms with Crippen LogP contribution in [0.15, 0.2) is 47.2 Å². The predicted molar refractivity (Wildman–Crippen MR) is 88.3 cm³/mol. The summed E-state index contributed by atoms with van der Waals surface area (Å²) in [6, 6.07) is 10.3. The molecule has 0 bridgehead atoms. The lowest BCUT2D eigenvalue weighted by molar-refractivity contribution is 0.0998. The van der Waals surface area contributed by atoms with Crippen molar-refractivity contribution in [1.82, 2.24) is 4.98 Å². The van der Waals surface area contributed by atoms with Gasteiger partial charge in [-0.15, -0.1) is 22.7 Å². The molecule has 0 unspecified atom stereocenters. The van der Waals surface area contributed by atoms with Crippen LogP contribution in [0, 0.1) is 0 Å². The minimum atomic E-state index is -0.502. The third-order valence-electron chi connectivity index (χ3n) is 2.90. The van der Waals surface area contributed by atoms with E-state index in [0.717, 1.165) is 9.88 Å². The molecule has 22 heavy (non-hydrogen) atoms. The van der Waals surface area contributed by atoms with E-state index in [0.29, 0.717) is 16.9 Å². The fourth-order valence-electron chi connectivity index (χ4n) is 1.80. The molecule has 2 aromatic heterocycles. The zero-order valence-corrected chi connectivity index (χ0v) is 12.9. The number of primary amides is 1. The van der Waals surface area contributed by atoms with E-state index in [1.807, 2.05) is 17.5 Å². The molecular weight excluding hydrogens is 318 g/mol. The van der Waals surface area contributed by atoms with E-state index < -0.39 is 5.91 Å². The molecule has 7 heteroatoms. The van der Waals surface area contributed by atoms with Crippen molar-refractivity contribution in [2.75, 3.05) is 5.32 Å². The molecule has 0 aliphatic carbocycles. The quantitative estimate of drug-likeness (QED) is 0.770. The Labute approximate surface area is 134 Å². The highest BCUT2D eigenvalue weighted by atomic mass is 32.1. The number of carbonyl (C=O) groups is 2. The zero-order valence-electron chi connectivity index (χ0n) is 11.3. The fourth-order valence-corrected chi connectivity index (χ4v) is 3.42. The lowest BCUT2D eigenvalue weighted by Crippen LogP contribution is -2.13. The molecule has 0 aliphatic rings. The summed E-state index contributed by atoms with van der Waals surface area (Å²) in [6.07, 6.45) is 0. The second-order valence-corrected chi connectivity index (χ2v) is 6.22. The standard InChI is InChI=1S/C15H11N3O2S2/c16-13(19)9-3-5-10(6-4-9)17-14(20)11-8-22-15(18-11)12-2-1-7-21-12/h1-8H,(H2,16,19)(H,17,20). The summed E-state index contributed by atoms with van der Waals surface area (Å²) in [5.41, 5.74) is 6.52. The van der Waals surface area contributed by atoms with Crippen molar-refractivity contribution in [3.05, 3.63) is 58.4 Å². The SMILES string of the molecule is NC(=O)c1ccc(NC(=O)c2csc(-c3cccs3)n2)cc1. The second kappa shape index (κ2) is 6.08. The Hall–Kier alpha value is -2.51. The van der Waals surface area contributed by atoms with Crippen LogP contribution in [0.25, 0.3) is 9.88 Å². The number of nitrogens with one attached hydrogen (secondary N) is 1. The van der Waals surface area contributed by atoms with Crippen LogP contribution in [-0.2, 0) is 0 Å². The summed E-state index contributed by atoms with van der Waals surface area (Å²) >= 11 is 3.01. The van der Waals surface area contributed by atoms with Gasteiger partial charge in [-0.2, -0.15) is 0 Å². The predicted octanol–water partition coefficient (Wildman–Crippen LogP) is 3.22. The Bertz CT molecular complexity index is 808. The molecule has 1 aromatic carbocycles. The number of nitrogens with two attached hydrogens (primary N) is 1. The minimum Gasteiger partial charge on any atom is -0.366 e. The Morgan fingerprint density at radius 3 is 2.50 bits per heavy atom. The van der Waals surface area contributed by atoms with E-state index in [4.69, 9.17) is 5.73 Å². The number of nitrogens with zero attached hydrogens (tertiary/aromatic N) is 1. The van der Waals surface area contributed by atoms with Crippen molar-refractivity contribution in [2.45, 2.75) is 0 Å². The van der Waals surface area contributed by atoms with Gasteiger partial charge in [0.25, 0.3) is 5.91 Å². The summed E-state index contributed by atoms with van der Waals surface area (Å²) in [5.74, 6) is -0.788. The number of carbonyl (C=O) groups excluding carboxylic acids is 2. The lowest BCUT2D eigenvalue weighted by atomic mass is 10.2. The van der Waals surface area contributed by atoms with Crippen molar-refractivity contribution < 1.29 is 9.59 Å². The summed E-state index contributed by atoms with van der Waals surface area (Å²) in [5, 5.41) is 7.26. The van der Waals surface area contributed by atoms with Crippen LogP contribution in [0.5, 0.6) is 0 Å². The molecule has 0 atom stereocenters. The highest BCUT2D eigenvalue weighted by Crippen LogP contribution is 2.28. The average Bonchev–Trinajstić information content (AvgIpc) is 3.19. The molecule has 0 spiro atoms. The van der Waals surface area contributed by atoms with Crippen LogP contribution in [0.1, 0.15) is 20.8 Å². The van der Waals surface area contributed by atoms with Gasteiger partial charge in [0.1, 0.15) is 10.7 Å². The van der Waals surface area contributed by atoms with Gasteiger partial charge >= 0.3 is 0 Å². The van der Waals surface area contributed by atoms with Gasteiger partial charge in [0.2, 0.25) is 5.91 Å². The van der Waals surface area contributed by atoms with Gasteiger partial charge in [0, 0.05) is 16.6 Å². The van der Waals surface area contributed by atoms with Crippen molar-refractivity contribution in [2.24, 2.45) is 5.73 Å². The van der Waals surface area contributed by atoms with Crippen molar-refractivity contribution >= 4 is 40.2 Å². The molecule has 110 valence electrons. The second-order valence-electron chi connectivity index (χ2n) is 4.41. The van der Waals surface area contributed by atoms with Gasteiger partial charge in [-0.3, -0.25) is 9.59 Å². The Morgan fingerprint density at radius 2 is 1.86 bits per heavy atom. The average molecular weight is 329 g/mol. The number of thiazole rings is 1. The first kappa shape index (κ1) is 14.4. The van der Waals surface area contributed by atoms with Crippen molar-refractivity contribution in [1.29, 1.82) is 0 Å². The number of amides is 2. The molecule has 3 rings (SSSR count). The van der Waals surface area contributed by atoms with Crippen LogP contribution in [0.4, 0.5) is 5.69 Å². The lowest BCUT2D eigenvalue weighted by Gasteiger charge is -2.03. The number of aromatic nitrogens is 1. The van der Waals surface area contributed by atoms with E-state index in [9.17, 15) is 9.59 Å². The zero-order chi connectivity index (χ0) is 15.5. The fraction of sp³-hybridized carbons (Fsp3) is 0. The van der Waals surface area contributed by atoms with E-state index in [1.165, 1.54) is 11.3 Å². The third-order valence-corrected chi connectivity index (χ3v) is 4.78. The van der Waals surface area contributed by atoms with Gasteiger partial charge < -0.3 is 11.1 Å². The Morgan fingerprint density at radius 1 is 1.09 bits per heavy atom. The summed E-state index contributed by atoms with van der Waals surface area (Å²) in [6.45, 7) is 0. The molecule has 2 amide bonds. The topological polar surface area (TPSA) is 85.1 Å². The molecule has 3 aromatic rings. The van der Waals surface area contributed by atoms with E-state index in [2.05, 4.69) is 10.3 Å². The number of hydrogen-bond donors (Lipinski definition) is 2. The largest absolute Gasteiger partial charge is 0.366 e. The first-order chi connectivity index (χ1) is 10.6. The molecule has 2 heterocycles. The van der Waals surface area contributed by atoms with Crippen LogP contribution < -0.4 is 11.1 Å². The van der Waals surface area contributed by atoms with Gasteiger partial charge in [0.15, 0.2) is 0 Å². The molecule has 0 fully saturated rings. The molecule has 5 nitrogen and oxygen atoms in total. The third kappa shape index (κ3) is 3.05. The molecule has 0 radical (unpaired) electrons. The van der Waals surface area contributed by atoms with Gasteiger partial charge in [-0.05, 0) is 35.7 Å². The summed E-state index contributed by atoms with van der Waals surface area (Å²) in [4.78, 5) is 28.5. The Balaban J connectivity index is 1.73.